The third kappa shape index (κ3) is 4.63. The molecule has 4 aromatic rings. The van der Waals surface area contributed by atoms with E-state index in [1.165, 1.54) is 29.5 Å². The summed E-state index contributed by atoms with van der Waals surface area (Å²) in [5, 5.41) is 10.9. The van der Waals surface area contributed by atoms with Crippen LogP contribution in [0.1, 0.15) is 28.4 Å². The standard InChI is InChI=1S/C28H23N3O3S/c1-2-31-26(32)25(35-28(31)29-22-12-8-11-20(15-22)27(33)34)16-21-18-30(17-19-9-4-3-5-10-19)24-14-7-6-13-23(21)24/h3-16,18H,2,17H2,1H3,(H,33,34)/b25-16-,29-28?. The Bertz CT molecular complexity index is 1490. The molecular weight excluding hydrogens is 458 g/mol. The van der Waals surface area contributed by atoms with E-state index in [9.17, 15) is 14.7 Å². The van der Waals surface area contributed by atoms with Gasteiger partial charge in [-0.15, -0.1) is 0 Å². The number of aliphatic imine (C=N–C) groups is 1. The van der Waals surface area contributed by atoms with Crippen molar-refractivity contribution in [2.75, 3.05) is 6.54 Å². The first kappa shape index (κ1) is 22.7. The number of thioether (sulfide) groups is 1. The van der Waals surface area contributed by atoms with Gasteiger partial charge in [0.15, 0.2) is 5.17 Å². The molecule has 2 heterocycles. The van der Waals surface area contributed by atoms with Crippen LogP contribution >= 0.6 is 11.8 Å². The summed E-state index contributed by atoms with van der Waals surface area (Å²) in [5.74, 6) is -1.12. The van der Waals surface area contributed by atoms with Crippen molar-refractivity contribution in [2.24, 2.45) is 4.99 Å². The van der Waals surface area contributed by atoms with Crippen LogP contribution in [0.4, 0.5) is 5.69 Å². The smallest absolute Gasteiger partial charge is 0.335 e. The van der Waals surface area contributed by atoms with Gasteiger partial charge in [-0.25, -0.2) is 9.79 Å². The van der Waals surface area contributed by atoms with Crippen molar-refractivity contribution in [1.29, 1.82) is 0 Å². The van der Waals surface area contributed by atoms with Crippen molar-refractivity contribution < 1.29 is 14.7 Å². The van der Waals surface area contributed by atoms with Crippen molar-refractivity contribution in [1.82, 2.24) is 9.47 Å². The predicted octanol–water partition coefficient (Wildman–Crippen LogP) is 6.01. The number of aromatic carboxylic acids is 1. The molecule has 7 heteroatoms. The van der Waals surface area contributed by atoms with Crippen LogP contribution in [0.2, 0.25) is 0 Å². The van der Waals surface area contributed by atoms with Crippen molar-refractivity contribution in [3.8, 4) is 0 Å². The largest absolute Gasteiger partial charge is 0.478 e. The predicted molar refractivity (Wildman–Crippen MR) is 141 cm³/mol. The number of likely N-dealkylation sites (N-methyl/N-ethyl adjacent to an activating group) is 1. The van der Waals surface area contributed by atoms with Crippen LogP contribution in [0.5, 0.6) is 0 Å². The Kier molecular flexibility index (Phi) is 6.25. The minimum Gasteiger partial charge on any atom is -0.478 e. The Morgan fingerprint density at radius 1 is 1.03 bits per heavy atom. The minimum atomic E-state index is -1.01. The molecule has 1 aliphatic rings. The molecule has 1 amide bonds. The number of amides is 1. The number of rotatable bonds is 6. The van der Waals surface area contributed by atoms with Gasteiger partial charge in [0, 0.05) is 35.8 Å². The highest BCUT2D eigenvalue weighted by Gasteiger charge is 2.32. The average molecular weight is 482 g/mol. The number of carbonyl (C=O) groups is 2. The van der Waals surface area contributed by atoms with E-state index < -0.39 is 5.97 Å². The van der Waals surface area contributed by atoms with E-state index >= 15 is 0 Å². The van der Waals surface area contributed by atoms with E-state index in [0.717, 1.165) is 23.0 Å². The number of hydrogen-bond acceptors (Lipinski definition) is 4. The molecule has 1 aliphatic heterocycles. The van der Waals surface area contributed by atoms with Crippen LogP contribution in [0.25, 0.3) is 17.0 Å². The van der Waals surface area contributed by atoms with E-state index in [2.05, 4.69) is 40.0 Å². The molecule has 174 valence electrons. The number of carboxylic acids is 1. The molecule has 6 nitrogen and oxygen atoms in total. The first-order chi connectivity index (χ1) is 17.0. The Morgan fingerprint density at radius 2 is 1.80 bits per heavy atom. The maximum Gasteiger partial charge on any atom is 0.335 e. The number of nitrogens with zero attached hydrogens (tertiary/aromatic N) is 3. The number of hydrogen-bond donors (Lipinski definition) is 1. The van der Waals surface area contributed by atoms with Crippen molar-refractivity contribution in [3.05, 3.63) is 107 Å². The minimum absolute atomic E-state index is 0.106. The highest BCUT2D eigenvalue weighted by atomic mass is 32.2. The Balaban J connectivity index is 1.51. The zero-order valence-corrected chi connectivity index (χ0v) is 19.9. The van der Waals surface area contributed by atoms with Crippen LogP contribution < -0.4 is 0 Å². The average Bonchev–Trinajstić information content (AvgIpc) is 3.36. The van der Waals surface area contributed by atoms with Gasteiger partial charge < -0.3 is 9.67 Å². The Labute approximate surface area is 207 Å². The van der Waals surface area contributed by atoms with Crippen LogP contribution in [0.3, 0.4) is 0 Å². The van der Waals surface area contributed by atoms with Gasteiger partial charge in [-0.05, 0) is 54.6 Å². The lowest BCUT2D eigenvalue weighted by Gasteiger charge is -2.12. The summed E-state index contributed by atoms with van der Waals surface area (Å²) in [6, 6.07) is 24.9. The van der Waals surface area contributed by atoms with Gasteiger partial charge in [-0.2, -0.15) is 0 Å². The Hall–Kier alpha value is -4.10. The summed E-state index contributed by atoms with van der Waals surface area (Å²) in [6.07, 6.45) is 4.01. The number of carboxylic acid groups (broad SMARTS) is 1. The maximum atomic E-state index is 13.2. The fraction of sp³-hybridized carbons (Fsp3) is 0.107. The van der Waals surface area contributed by atoms with E-state index in [-0.39, 0.29) is 11.5 Å². The van der Waals surface area contributed by atoms with Gasteiger partial charge in [-0.1, -0.05) is 54.6 Å². The molecule has 0 bridgehead atoms. The van der Waals surface area contributed by atoms with E-state index in [1.54, 1.807) is 17.0 Å². The summed E-state index contributed by atoms with van der Waals surface area (Å²) in [7, 11) is 0. The maximum absolute atomic E-state index is 13.2. The van der Waals surface area contributed by atoms with Gasteiger partial charge >= 0.3 is 5.97 Å². The second-order valence-electron chi connectivity index (χ2n) is 8.13. The zero-order valence-electron chi connectivity index (χ0n) is 19.1. The van der Waals surface area contributed by atoms with Gasteiger partial charge in [-0.3, -0.25) is 9.69 Å². The molecule has 0 atom stereocenters. The highest BCUT2D eigenvalue weighted by molar-refractivity contribution is 8.18. The van der Waals surface area contributed by atoms with Gasteiger partial charge in [0.05, 0.1) is 16.2 Å². The highest BCUT2D eigenvalue weighted by Crippen LogP contribution is 2.35. The molecule has 3 aromatic carbocycles. The molecular formula is C28H23N3O3S. The SMILES string of the molecule is CCN1C(=O)/C(=C/c2cn(Cc3ccccc3)c3ccccc23)SC1=Nc1cccc(C(=O)O)c1. The fourth-order valence-electron chi connectivity index (χ4n) is 4.13. The molecule has 0 aliphatic carbocycles. The second-order valence-corrected chi connectivity index (χ2v) is 9.13. The van der Waals surface area contributed by atoms with E-state index in [1.807, 2.05) is 43.3 Å². The molecule has 1 saturated heterocycles. The van der Waals surface area contributed by atoms with Crippen LogP contribution in [0, 0.1) is 0 Å². The summed E-state index contributed by atoms with van der Waals surface area (Å²) in [5.41, 5.74) is 3.93. The van der Waals surface area contributed by atoms with Crippen LogP contribution in [-0.2, 0) is 11.3 Å². The van der Waals surface area contributed by atoms with Crippen molar-refractivity contribution in [3.63, 3.8) is 0 Å². The fourth-order valence-corrected chi connectivity index (χ4v) is 5.18. The third-order valence-electron chi connectivity index (χ3n) is 5.82. The number of fused-ring (bicyclic) bond motifs is 1. The lowest BCUT2D eigenvalue weighted by molar-refractivity contribution is -0.122. The molecule has 0 saturated carbocycles. The molecule has 35 heavy (non-hydrogen) atoms. The topological polar surface area (TPSA) is 74.9 Å². The van der Waals surface area contributed by atoms with Gasteiger partial charge in [0.2, 0.25) is 0 Å². The number of amidine groups is 1. The molecule has 0 spiro atoms. The number of aromatic nitrogens is 1. The van der Waals surface area contributed by atoms with E-state index in [4.69, 9.17) is 0 Å². The van der Waals surface area contributed by atoms with Crippen molar-refractivity contribution in [2.45, 2.75) is 13.5 Å². The number of benzene rings is 3. The summed E-state index contributed by atoms with van der Waals surface area (Å²) in [6.45, 7) is 3.10. The number of carbonyl (C=O) groups excluding carboxylic acids is 1. The van der Waals surface area contributed by atoms with Gasteiger partial charge in [0.25, 0.3) is 5.91 Å². The summed E-state index contributed by atoms with van der Waals surface area (Å²) in [4.78, 5) is 31.3. The second kappa shape index (κ2) is 9.64. The van der Waals surface area contributed by atoms with E-state index in [0.29, 0.717) is 22.3 Å². The lowest BCUT2D eigenvalue weighted by atomic mass is 10.1. The monoisotopic (exact) mass is 481 g/mol. The lowest BCUT2D eigenvalue weighted by Crippen LogP contribution is -2.28. The molecule has 0 unspecified atom stereocenters. The zero-order chi connectivity index (χ0) is 24.4. The summed E-state index contributed by atoms with van der Waals surface area (Å²) >= 11 is 1.31. The normalized spacial score (nSPS) is 16.0. The molecule has 0 radical (unpaired) electrons. The van der Waals surface area contributed by atoms with Gasteiger partial charge in [0.1, 0.15) is 0 Å². The molecule has 5 rings (SSSR count). The molecule has 1 aromatic heterocycles. The van der Waals surface area contributed by atoms with Crippen molar-refractivity contribution >= 4 is 51.5 Å². The molecule has 1 fully saturated rings. The number of para-hydroxylation sites is 1. The molecule has 1 N–H and O–H groups in total. The first-order valence-electron chi connectivity index (χ1n) is 11.3. The quantitative estimate of drug-likeness (QED) is 0.342. The van der Waals surface area contributed by atoms with Crippen LogP contribution in [0.15, 0.2) is 95.0 Å². The Morgan fingerprint density at radius 3 is 2.57 bits per heavy atom. The summed E-state index contributed by atoms with van der Waals surface area (Å²) < 4.78 is 2.20. The first-order valence-corrected chi connectivity index (χ1v) is 12.1. The van der Waals surface area contributed by atoms with Crippen LogP contribution in [-0.4, -0.2) is 38.2 Å². The third-order valence-corrected chi connectivity index (χ3v) is 6.83.